The highest BCUT2D eigenvalue weighted by Gasteiger charge is 2.25. The smallest absolute Gasteiger partial charge is 0.224 e. The molecule has 0 aliphatic rings. The van der Waals surface area contributed by atoms with Crippen molar-refractivity contribution >= 4 is 35.8 Å². The first kappa shape index (κ1) is 16.5. The van der Waals surface area contributed by atoms with Gasteiger partial charge in [-0.05, 0) is 18.2 Å². The van der Waals surface area contributed by atoms with Crippen LogP contribution in [0.3, 0.4) is 0 Å². The van der Waals surface area contributed by atoms with Crippen molar-refractivity contribution < 1.29 is 21.2 Å². The molecule has 0 amide bonds. The van der Waals surface area contributed by atoms with Crippen molar-refractivity contribution in [3.63, 3.8) is 0 Å². The van der Waals surface area contributed by atoms with E-state index in [1.165, 1.54) is 7.05 Å². The molecule has 5 nitrogen and oxygen atoms in total. The highest BCUT2D eigenvalue weighted by atomic mass is 79.9. The fraction of sp³-hybridized carbons (Fsp3) is 0.400. The van der Waals surface area contributed by atoms with Crippen LogP contribution in [-0.4, -0.2) is 46.3 Å². The van der Waals surface area contributed by atoms with E-state index in [1.807, 2.05) is 0 Å². The second kappa shape index (κ2) is 5.86. The van der Waals surface area contributed by atoms with Crippen molar-refractivity contribution in [3.8, 4) is 0 Å². The molecular formula is C10H13BrFNO4S2. The van der Waals surface area contributed by atoms with Crippen LogP contribution >= 0.6 is 15.9 Å². The second-order valence-electron chi connectivity index (χ2n) is 3.88. The number of hydrogen-bond donors (Lipinski definition) is 0. The van der Waals surface area contributed by atoms with Gasteiger partial charge in [0.05, 0.1) is 4.90 Å². The first-order valence-corrected chi connectivity index (χ1v) is 9.58. The molecular weight excluding hydrogens is 361 g/mol. The SMILES string of the molecule is CN(CCBr)S(=O)(=O)c1cc(S(C)(=O)=O)ccc1F. The molecule has 0 N–H and O–H groups in total. The normalized spacial score (nSPS) is 12.9. The number of nitrogens with zero attached hydrogens (tertiary/aromatic N) is 1. The monoisotopic (exact) mass is 373 g/mol. The Bertz CT molecular complexity index is 673. The molecule has 0 unspecified atom stereocenters. The lowest BCUT2D eigenvalue weighted by Gasteiger charge is -2.16. The average molecular weight is 374 g/mol. The van der Waals surface area contributed by atoms with Gasteiger partial charge in [-0.2, -0.15) is 0 Å². The third-order valence-electron chi connectivity index (χ3n) is 2.42. The molecule has 0 aliphatic heterocycles. The summed E-state index contributed by atoms with van der Waals surface area (Å²) >= 11 is 3.08. The summed E-state index contributed by atoms with van der Waals surface area (Å²) in [5.74, 6) is -0.978. The maximum Gasteiger partial charge on any atom is 0.245 e. The standard InChI is InChI=1S/C10H13BrFNO4S2/c1-13(6-5-11)19(16,17)10-7-8(18(2,14)15)3-4-9(10)12/h3-4,7H,5-6H2,1-2H3. The van der Waals surface area contributed by atoms with Gasteiger partial charge >= 0.3 is 0 Å². The summed E-state index contributed by atoms with van der Waals surface area (Å²) in [5.41, 5.74) is 0. The molecule has 0 saturated heterocycles. The summed E-state index contributed by atoms with van der Waals surface area (Å²) in [7, 11) is -6.36. The van der Waals surface area contributed by atoms with Crippen molar-refractivity contribution in [3.05, 3.63) is 24.0 Å². The van der Waals surface area contributed by atoms with Crippen LogP contribution in [0.5, 0.6) is 0 Å². The molecule has 0 aromatic heterocycles. The zero-order valence-electron chi connectivity index (χ0n) is 10.3. The molecule has 0 saturated carbocycles. The Morgan fingerprint density at radius 1 is 1.26 bits per heavy atom. The lowest BCUT2D eigenvalue weighted by molar-refractivity contribution is 0.480. The van der Waals surface area contributed by atoms with E-state index in [-0.39, 0.29) is 11.4 Å². The Kier molecular flexibility index (Phi) is 5.10. The number of alkyl halides is 1. The van der Waals surface area contributed by atoms with Gasteiger partial charge in [-0.15, -0.1) is 0 Å². The van der Waals surface area contributed by atoms with Crippen molar-refractivity contribution in [2.75, 3.05) is 25.2 Å². The van der Waals surface area contributed by atoms with Gasteiger partial charge in [-0.1, -0.05) is 15.9 Å². The maximum absolute atomic E-state index is 13.6. The van der Waals surface area contributed by atoms with Gasteiger partial charge in [0.2, 0.25) is 10.0 Å². The second-order valence-corrected chi connectivity index (χ2v) is 8.70. The Hall–Kier alpha value is -0.510. The third-order valence-corrected chi connectivity index (χ3v) is 5.76. The molecule has 0 bridgehead atoms. The molecule has 0 heterocycles. The zero-order chi connectivity index (χ0) is 14.8. The molecule has 19 heavy (non-hydrogen) atoms. The largest absolute Gasteiger partial charge is 0.245 e. The van der Waals surface area contributed by atoms with E-state index in [0.29, 0.717) is 5.33 Å². The minimum atomic E-state index is -4.05. The van der Waals surface area contributed by atoms with Gasteiger partial charge in [0.1, 0.15) is 10.7 Å². The van der Waals surface area contributed by atoms with Crippen LogP contribution in [0.15, 0.2) is 28.0 Å². The minimum absolute atomic E-state index is 0.144. The Morgan fingerprint density at radius 3 is 2.32 bits per heavy atom. The van der Waals surface area contributed by atoms with Crippen LogP contribution in [0.2, 0.25) is 0 Å². The van der Waals surface area contributed by atoms with E-state index in [2.05, 4.69) is 15.9 Å². The quantitative estimate of drug-likeness (QED) is 0.575. The first-order valence-electron chi connectivity index (χ1n) is 5.12. The topological polar surface area (TPSA) is 71.5 Å². The predicted molar refractivity (Wildman–Crippen MR) is 73.1 cm³/mol. The van der Waals surface area contributed by atoms with Crippen LogP contribution in [-0.2, 0) is 19.9 Å². The van der Waals surface area contributed by atoms with Crippen LogP contribution < -0.4 is 0 Å². The maximum atomic E-state index is 13.6. The summed E-state index contributed by atoms with van der Waals surface area (Å²) in [5, 5.41) is 0.385. The molecule has 9 heteroatoms. The highest BCUT2D eigenvalue weighted by Crippen LogP contribution is 2.22. The fourth-order valence-corrected chi connectivity index (χ4v) is 4.07. The summed E-state index contributed by atoms with van der Waals surface area (Å²) < 4.78 is 61.5. The van der Waals surface area contributed by atoms with Crippen LogP contribution in [0.25, 0.3) is 0 Å². The molecule has 0 spiro atoms. The van der Waals surface area contributed by atoms with Crippen molar-refractivity contribution in [2.24, 2.45) is 0 Å². The van der Waals surface area contributed by atoms with Gasteiger partial charge in [0, 0.05) is 25.2 Å². The predicted octanol–water partition coefficient (Wildman–Crippen LogP) is 1.24. The number of hydrogen-bond acceptors (Lipinski definition) is 4. The van der Waals surface area contributed by atoms with Crippen molar-refractivity contribution in [1.29, 1.82) is 0 Å². The van der Waals surface area contributed by atoms with Crippen molar-refractivity contribution in [1.82, 2.24) is 4.31 Å². The summed E-state index contributed by atoms with van der Waals surface area (Å²) in [6.07, 6.45) is 0.929. The lowest BCUT2D eigenvalue weighted by atomic mass is 10.3. The van der Waals surface area contributed by atoms with Crippen LogP contribution in [0, 0.1) is 5.82 Å². The Balaban J connectivity index is 3.43. The number of halogens is 2. The molecule has 1 aromatic rings. The summed E-state index contributed by atoms with van der Waals surface area (Å²) in [6, 6.07) is 2.71. The highest BCUT2D eigenvalue weighted by molar-refractivity contribution is 9.09. The van der Waals surface area contributed by atoms with Gasteiger partial charge in [0.15, 0.2) is 9.84 Å². The number of benzene rings is 1. The molecule has 108 valence electrons. The lowest BCUT2D eigenvalue weighted by Crippen LogP contribution is -2.29. The molecule has 0 atom stereocenters. The summed E-state index contributed by atoms with van der Waals surface area (Å²) in [6.45, 7) is 0.144. The van der Waals surface area contributed by atoms with Crippen LogP contribution in [0.1, 0.15) is 0 Å². The minimum Gasteiger partial charge on any atom is -0.224 e. The van der Waals surface area contributed by atoms with Gasteiger partial charge in [-0.25, -0.2) is 25.5 Å². The Labute approximate surface area is 120 Å². The average Bonchev–Trinajstić information content (AvgIpc) is 2.28. The zero-order valence-corrected chi connectivity index (χ0v) is 13.5. The third kappa shape index (κ3) is 3.74. The fourth-order valence-electron chi connectivity index (χ4n) is 1.32. The van der Waals surface area contributed by atoms with Gasteiger partial charge in [0.25, 0.3) is 0 Å². The number of rotatable bonds is 5. The van der Waals surface area contributed by atoms with Gasteiger partial charge < -0.3 is 0 Å². The Morgan fingerprint density at radius 2 is 1.84 bits per heavy atom. The van der Waals surface area contributed by atoms with E-state index in [1.54, 1.807) is 0 Å². The van der Waals surface area contributed by atoms with E-state index in [4.69, 9.17) is 0 Å². The van der Waals surface area contributed by atoms with E-state index in [0.717, 1.165) is 28.8 Å². The van der Waals surface area contributed by atoms with E-state index >= 15 is 0 Å². The first-order chi connectivity index (χ1) is 8.60. The molecule has 0 aliphatic carbocycles. The molecule has 0 fully saturated rings. The number of sulfonamides is 1. The molecule has 0 radical (unpaired) electrons. The van der Waals surface area contributed by atoms with E-state index in [9.17, 15) is 21.2 Å². The van der Waals surface area contributed by atoms with Crippen LogP contribution in [0.4, 0.5) is 4.39 Å². The molecule has 1 aromatic carbocycles. The van der Waals surface area contributed by atoms with E-state index < -0.39 is 30.6 Å². The van der Waals surface area contributed by atoms with Gasteiger partial charge in [-0.3, -0.25) is 0 Å². The molecule has 1 rings (SSSR count). The summed E-state index contributed by atoms with van der Waals surface area (Å²) in [4.78, 5) is -0.876. The number of sulfone groups is 1. The van der Waals surface area contributed by atoms with Crippen molar-refractivity contribution in [2.45, 2.75) is 9.79 Å².